The van der Waals surface area contributed by atoms with Crippen LogP contribution in [0.25, 0.3) is 0 Å². The van der Waals surface area contributed by atoms with Crippen LogP contribution in [0.2, 0.25) is 0 Å². The van der Waals surface area contributed by atoms with Gasteiger partial charge in [0.1, 0.15) is 0 Å². The first kappa shape index (κ1) is 18.6. The molecule has 1 atom stereocenters. The van der Waals surface area contributed by atoms with Crippen molar-refractivity contribution in [1.29, 1.82) is 0 Å². The average Bonchev–Trinajstić information content (AvgIpc) is 2.55. The molecule has 6 nitrogen and oxygen atoms in total. The Balaban J connectivity index is 1.95. The molecule has 1 amide bonds. The van der Waals surface area contributed by atoms with Gasteiger partial charge in [0.2, 0.25) is 0 Å². The number of aromatic nitrogens is 2. The summed E-state index contributed by atoms with van der Waals surface area (Å²) in [6.45, 7) is 9.64. The van der Waals surface area contributed by atoms with Crippen molar-refractivity contribution in [2.24, 2.45) is 0 Å². The van der Waals surface area contributed by atoms with E-state index in [9.17, 15) is 9.59 Å². The molecule has 1 N–H and O–H groups in total. The van der Waals surface area contributed by atoms with Crippen LogP contribution >= 0.6 is 0 Å². The van der Waals surface area contributed by atoms with E-state index in [4.69, 9.17) is 4.74 Å². The van der Waals surface area contributed by atoms with Gasteiger partial charge in [-0.25, -0.2) is 9.78 Å². The Kier molecular flexibility index (Phi) is 5.51. The second-order valence-corrected chi connectivity index (χ2v) is 6.91. The third kappa shape index (κ3) is 5.11. The maximum atomic E-state index is 12.2. The Bertz CT molecular complexity index is 747. The number of hydrogen-bond donors (Lipinski definition) is 1. The summed E-state index contributed by atoms with van der Waals surface area (Å²) >= 11 is 0. The van der Waals surface area contributed by atoms with E-state index in [1.54, 1.807) is 6.92 Å². The molecule has 1 aromatic heterocycles. The number of rotatable bonds is 4. The van der Waals surface area contributed by atoms with Crippen molar-refractivity contribution in [3.8, 4) is 0 Å². The van der Waals surface area contributed by atoms with Gasteiger partial charge in [-0.1, -0.05) is 32.9 Å². The lowest BCUT2D eigenvalue weighted by molar-refractivity contribution is -0.123. The van der Waals surface area contributed by atoms with Crippen molar-refractivity contribution in [3.63, 3.8) is 0 Å². The number of carbonyl (C=O) groups excluding carboxylic acids is 2. The van der Waals surface area contributed by atoms with Crippen molar-refractivity contribution in [2.75, 3.05) is 5.32 Å². The van der Waals surface area contributed by atoms with Crippen molar-refractivity contribution >= 4 is 17.6 Å². The van der Waals surface area contributed by atoms with Crippen molar-refractivity contribution in [3.05, 3.63) is 53.6 Å². The zero-order valence-electron chi connectivity index (χ0n) is 15.2. The highest BCUT2D eigenvalue weighted by Crippen LogP contribution is 2.23. The Labute approximate surface area is 147 Å². The number of aryl methyl sites for hydroxylation is 1. The molecule has 0 saturated carbocycles. The summed E-state index contributed by atoms with van der Waals surface area (Å²) in [4.78, 5) is 32.1. The minimum atomic E-state index is -0.946. The van der Waals surface area contributed by atoms with Crippen LogP contribution in [0.5, 0.6) is 0 Å². The normalized spacial score (nSPS) is 12.4. The molecule has 0 saturated heterocycles. The Morgan fingerprint density at radius 3 is 2.24 bits per heavy atom. The average molecular weight is 341 g/mol. The Morgan fingerprint density at radius 2 is 1.72 bits per heavy atom. The topological polar surface area (TPSA) is 81.2 Å². The number of nitrogens with one attached hydrogen (secondary N) is 1. The molecule has 0 aliphatic heterocycles. The molecule has 0 bridgehead atoms. The molecule has 0 fully saturated rings. The maximum absolute atomic E-state index is 12.2. The molecule has 2 aromatic rings. The fourth-order valence-electron chi connectivity index (χ4n) is 2.07. The van der Waals surface area contributed by atoms with Crippen LogP contribution in [-0.4, -0.2) is 27.9 Å². The van der Waals surface area contributed by atoms with E-state index in [0.717, 1.165) is 0 Å². The lowest BCUT2D eigenvalue weighted by atomic mass is 9.87. The summed E-state index contributed by atoms with van der Waals surface area (Å²) in [5.74, 6) is -1.09. The third-order valence-corrected chi connectivity index (χ3v) is 3.66. The SMILES string of the molecule is Cc1cnc(C(=O)OC(C)C(=O)Nc2ccc(C(C)(C)C)cc2)cn1. The Hall–Kier alpha value is -2.76. The first-order valence-corrected chi connectivity index (χ1v) is 8.08. The quantitative estimate of drug-likeness (QED) is 0.863. The third-order valence-electron chi connectivity index (χ3n) is 3.66. The van der Waals surface area contributed by atoms with Crippen molar-refractivity contribution in [1.82, 2.24) is 9.97 Å². The van der Waals surface area contributed by atoms with Crippen LogP contribution in [-0.2, 0) is 14.9 Å². The summed E-state index contributed by atoms with van der Waals surface area (Å²) in [6, 6.07) is 7.60. The zero-order chi connectivity index (χ0) is 18.6. The molecule has 0 radical (unpaired) electrons. The minimum absolute atomic E-state index is 0.0421. The van der Waals surface area contributed by atoms with Gasteiger partial charge in [-0.3, -0.25) is 9.78 Å². The number of benzene rings is 1. The summed E-state index contributed by atoms with van der Waals surface area (Å²) in [6.07, 6.45) is 1.85. The van der Waals surface area contributed by atoms with Crippen LogP contribution in [0.1, 0.15) is 49.4 Å². The number of esters is 1. The predicted molar refractivity (Wildman–Crippen MR) is 95.4 cm³/mol. The smallest absolute Gasteiger partial charge is 0.359 e. The fraction of sp³-hybridized carbons (Fsp3) is 0.368. The molecule has 25 heavy (non-hydrogen) atoms. The van der Waals surface area contributed by atoms with Gasteiger partial charge in [-0.2, -0.15) is 0 Å². The molecular weight excluding hydrogens is 318 g/mol. The molecule has 0 aliphatic carbocycles. The largest absolute Gasteiger partial charge is 0.448 e. The first-order valence-electron chi connectivity index (χ1n) is 8.08. The highest BCUT2D eigenvalue weighted by atomic mass is 16.5. The summed E-state index contributed by atoms with van der Waals surface area (Å²) in [7, 11) is 0. The summed E-state index contributed by atoms with van der Waals surface area (Å²) in [5, 5.41) is 2.73. The number of hydrogen-bond acceptors (Lipinski definition) is 5. The maximum Gasteiger partial charge on any atom is 0.359 e. The minimum Gasteiger partial charge on any atom is -0.448 e. The fourth-order valence-corrected chi connectivity index (χ4v) is 2.07. The summed E-state index contributed by atoms with van der Waals surface area (Å²) < 4.78 is 5.13. The van der Waals surface area contributed by atoms with Gasteiger partial charge in [0, 0.05) is 11.9 Å². The van der Waals surface area contributed by atoms with Crippen LogP contribution in [0.3, 0.4) is 0 Å². The number of ether oxygens (including phenoxy) is 1. The van der Waals surface area contributed by atoms with Crippen LogP contribution in [0.15, 0.2) is 36.7 Å². The lowest BCUT2D eigenvalue weighted by Gasteiger charge is -2.19. The molecule has 2 rings (SSSR count). The Morgan fingerprint density at radius 1 is 1.08 bits per heavy atom. The zero-order valence-corrected chi connectivity index (χ0v) is 15.2. The van der Waals surface area contributed by atoms with E-state index in [2.05, 4.69) is 36.1 Å². The van der Waals surface area contributed by atoms with Crippen LogP contribution in [0.4, 0.5) is 5.69 Å². The van der Waals surface area contributed by atoms with Gasteiger partial charge in [0.05, 0.1) is 11.9 Å². The van der Waals surface area contributed by atoms with Crippen molar-refractivity contribution < 1.29 is 14.3 Å². The van der Waals surface area contributed by atoms with Crippen LogP contribution < -0.4 is 5.32 Å². The molecule has 1 aromatic carbocycles. The monoisotopic (exact) mass is 341 g/mol. The van der Waals surface area contributed by atoms with Gasteiger partial charge in [0.25, 0.3) is 5.91 Å². The number of carbonyl (C=O) groups is 2. The molecule has 6 heteroatoms. The number of nitrogens with zero attached hydrogens (tertiary/aromatic N) is 2. The number of amides is 1. The van der Waals surface area contributed by atoms with E-state index in [1.165, 1.54) is 24.9 Å². The molecule has 1 unspecified atom stereocenters. The standard InChI is InChI=1S/C19H23N3O3/c1-12-10-21-16(11-20-12)18(24)25-13(2)17(23)22-15-8-6-14(7-9-15)19(3,4)5/h6-11,13H,1-5H3,(H,22,23). The van der Waals surface area contributed by atoms with E-state index < -0.39 is 18.0 Å². The summed E-state index contributed by atoms with van der Waals surface area (Å²) in [5.41, 5.74) is 2.63. The molecule has 0 aliphatic rings. The van der Waals surface area contributed by atoms with E-state index in [1.807, 2.05) is 24.3 Å². The lowest BCUT2D eigenvalue weighted by Crippen LogP contribution is -2.30. The van der Waals surface area contributed by atoms with E-state index in [0.29, 0.717) is 11.4 Å². The molecule has 132 valence electrons. The van der Waals surface area contributed by atoms with Gasteiger partial charge >= 0.3 is 5.97 Å². The molecule has 0 spiro atoms. The highest BCUT2D eigenvalue weighted by Gasteiger charge is 2.20. The second kappa shape index (κ2) is 7.42. The van der Waals surface area contributed by atoms with E-state index >= 15 is 0 Å². The van der Waals surface area contributed by atoms with Gasteiger partial charge < -0.3 is 10.1 Å². The second-order valence-electron chi connectivity index (χ2n) is 6.91. The number of anilines is 1. The van der Waals surface area contributed by atoms with Gasteiger partial charge in [0.15, 0.2) is 11.8 Å². The van der Waals surface area contributed by atoms with E-state index in [-0.39, 0.29) is 11.1 Å². The van der Waals surface area contributed by atoms with Gasteiger partial charge in [-0.05, 0) is 37.0 Å². The molecular formula is C19H23N3O3. The van der Waals surface area contributed by atoms with Crippen LogP contribution in [0, 0.1) is 6.92 Å². The first-order chi connectivity index (χ1) is 11.7. The predicted octanol–water partition coefficient (Wildman–Crippen LogP) is 3.27. The van der Waals surface area contributed by atoms with Crippen molar-refractivity contribution in [2.45, 2.75) is 46.1 Å². The molecule has 1 heterocycles. The van der Waals surface area contributed by atoms with Gasteiger partial charge in [-0.15, -0.1) is 0 Å². The highest BCUT2D eigenvalue weighted by molar-refractivity contribution is 5.96.